The number of primary amides is 1. The predicted molar refractivity (Wildman–Crippen MR) is 450 cm³/mol. The Morgan fingerprint density at radius 3 is 1.87 bits per heavy atom. The fraction of sp³-hybridized carbons (Fsp3) is 0.427. The Bertz CT molecular complexity index is 5300. The Labute approximate surface area is 732 Å². The number of carboxylic acid groups (broad SMARTS) is 1. The summed E-state index contributed by atoms with van der Waals surface area (Å²) < 4.78 is 45.5. The van der Waals surface area contributed by atoms with Crippen molar-refractivity contribution >= 4 is 76.6 Å². The largest absolute Gasteiger partial charge is 0.508 e. The summed E-state index contributed by atoms with van der Waals surface area (Å²) in [6, 6.07) is 13.4. The summed E-state index contributed by atoms with van der Waals surface area (Å²) in [5.74, 6) is -17.1. The number of phenols is 3. The van der Waals surface area contributed by atoms with Crippen molar-refractivity contribution in [1.29, 1.82) is 0 Å². The van der Waals surface area contributed by atoms with Gasteiger partial charge in [0.1, 0.15) is 102 Å². The van der Waals surface area contributed by atoms with Crippen LogP contribution in [0.4, 0.5) is 4.79 Å². The maximum absolute atomic E-state index is 16.4. The van der Waals surface area contributed by atoms with E-state index in [2.05, 4.69) is 70.2 Å². The molecular formula is C89H101Cl2N9O26. The Hall–Kier alpha value is -11.5. The number of halogens is 2. The standard InChI is InChI=1S/C89H101Cl2N9O26/c1-38(2)25-55(95-87(119)120-37-52-48-15-11-9-13-46(48)47-14-10-12-16-49(47)52)79(111)99-70-72(106)42-18-21-59(53(90)27-42)122-61-29-44-30-62(76(61)126-86-77(75(109)74(108)63(36-101)124-86)125-65-35-89(8,78(110)40(4)121-65)93-24-23-39(3)34-88(5,6)7)123-60-22-19-43(28-54(60)91)73(107)71-84(116)98-69(85(117)118)51-31-45(102)32-58(104)66(51)50-26-41(17-20-57(50)103)67(81(113)100-71)97-82(114)68(44)96-80(112)56(33-64(92)105)94-83(70)115/h9-22,26-32,38-40,52,55-56,63,65,67-75,77-78,86,93,101-104,106-110H,23-25,33-37H2,1-8H3,(H2,92,105)(H,94,115)(H,95,119)(H,96,112)(H,97,114)(H,98,116)(H,99,111)(H,100,113)(H,117,118)/t39?,40-,55+,56-,63+,65-,67+,68+,69-,70+,71-,72+,73+,74+,75-,77+,78+,86-,89-/m0/s1. The molecule has 7 aromatic carbocycles. The van der Waals surface area contributed by atoms with Crippen LogP contribution in [0, 0.1) is 17.3 Å². The number of rotatable bonds is 20. The second-order valence-corrected chi connectivity index (χ2v) is 35.2. The number of carboxylic acids is 1. The van der Waals surface area contributed by atoms with Gasteiger partial charge in [-0.3, -0.25) is 33.6 Å². The van der Waals surface area contributed by atoms with Crippen molar-refractivity contribution in [3.05, 3.63) is 176 Å². The molecule has 1 aliphatic carbocycles. The lowest BCUT2D eigenvalue weighted by Gasteiger charge is -2.48. The number of benzene rings is 7. The third-order valence-corrected chi connectivity index (χ3v) is 23.7. The number of alkyl carbamates (subject to hydrolysis) is 1. The third-order valence-electron chi connectivity index (χ3n) is 23.1. The van der Waals surface area contributed by atoms with Crippen molar-refractivity contribution in [1.82, 2.24) is 42.5 Å². The first-order chi connectivity index (χ1) is 59.7. The number of hydrogen-bond acceptors (Lipinski definition) is 26. The maximum atomic E-state index is 16.4. The summed E-state index contributed by atoms with van der Waals surface area (Å²) in [7, 11) is 0. The van der Waals surface area contributed by atoms with Crippen LogP contribution in [0.25, 0.3) is 22.3 Å². The molecule has 35 nitrogen and oxygen atoms in total. The smallest absolute Gasteiger partial charge is 0.407 e. The number of amides is 8. The number of aromatic hydroxyl groups is 3. The summed E-state index contributed by atoms with van der Waals surface area (Å²) in [5, 5.41) is 137. The molecule has 15 rings (SSSR count). The van der Waals surface area contributed by atoms with Crippen LogP contribution in [0.5, 0.6) is 46.0 Å². The molecule has 672 valence electrons. The minimum absolute atomic E-state index is 0.0161. The fourth-order valence-corrected chi connectivity index (χ4v) is 17.5. The van der Waals surface area contributed by atoms with E-state index in [-0.39, 0.29) is 59.1 Å². The molecule has 0 saturated carbocycles. The first-order valence-corrected chi connectivity index (χ1v) is 41.8. The molecule has 1 unspecified atom stereocenters. The van der Waals surface area contributed by atoms with E-state index in [9.17, 15) is 65.4 Å². The molecule has 7 heterocycles. The molecule has 37 heteroatoms. The zero-order chi connectivity index (χ0) is 91.0. The van der Waals surface area contributed by atoms with Crippen molar-refractivity contribution in [2.45, 2.75) is 203 Å². The number of nitrogens with one attached hydrogen (secondary N) is 8. The van der Waals surface area contributed by atoms with Crippen molar-refractivity contribution in [3.63, 3.8) is 0 Å². The van der Waals surface area contributed by atoms with Crippen LogP contribution in [-0.2, 0) is 57.3 Å². The van der Waals surface area contributed by atoms with Gasteiger partial charge in [0.15, 0.2) is 29.9 Å². The molecule has 0 radical (unpaired) electrons. The number of carbonyl (C=O) groups excluding carboxylic acids is 8. The predicted octanol–water partition coefficient (Wildman–Crippen LogP) is 6.52. The van der Waals surface area contributed by atoms with Gasteiger partial charge in [-0.1, -0.05) is 131 Å². The normalized spacial score (nSPS) is 26.6. The van der Waals surface area contributed by atoms with E-state index in [4.69, 9.17) is 62.1 Å². The zero-order valence-electron chi connectivity index (χ0n) is 69.7. The van der Waals surface area contributed by atoms with Crippen LogP contribution >= 0.6 is 23.2 Å². The lowest BCUT2D eigenvalue weighted by atomic mass is 9.83. The number of carbonyl (C=O) groups is 9. The van der Waals surface area contributed by atoms with E-state index in [1.165, 1.54) is 12.1 Å². The van der Waals surface area contributed by atoms with E-state index < -0.39 is 254 Å². The summed E-state index contributed by atoms with van der Waals surface area (Å²) in [5.41, 5.74) is 5.34. The van der Waals surface area contributed by atoms with Gasteiger partial charge >= 0.3 is 12.1 Å². The van der Waals surface area contributed by atoms with Crippen LogP contribution in [0.1, 0.15) is 163 Å². The number of fused-ring (bicyclic) bond motifs is 18. The molecule has 2 saturated heterocycles. The van der Waals surface area contributed by atoms with Crippen LogP contribution in [0.2, 0.25) is 10.0 Å². The lowest BCUT2D eigenvalue weighted by Crippen LogP contribution is -2.65. The van der Waals surface area contributed by atoms with Gasteiger partial charge in [-0.15, -0.1) is 0 Å². The minimum atomic E-state index is -2.41. The highest BCUT2D eigenvalue weighted by atomic mass is 35.5. The topological polar surface area (TPSA) is 543 Å². The van der Waals surface area contributed by atoms with Gasteiger partial charge in [-0.2, -0.15) is 0 Å². The summed E-state index contributed by atoms with van der Waals surface area (Å²) in [6.45, 7) is 14.6. The van der Waals surface area contributed by atoms with Crippen LogP contribution in [0.15, 0.2) is 127 Å². The van der Waals surface area contributed by atoms with E-state index in [0.717, 1.165) is 95.4 Å². The highest BCUT2D eigenvalue weighted by Gasteiger charge is 2.53. The van der Waals surface area contributed by atoms with Gasteiger partial charge in [0.25, 0.3) is 0 Å². The Balaban J connectivity index is 0.960. The van der Waals surface area contributed by atoms with Gasteiger partial charge in [0, 0.05) is 40.6 Å². The second-order valence-electron chi connectivity index (χ2n) is 34.4. The number of nitrogens with two attached hydrogens (primary N) is 1. The first-order valence-electron chi connectivity index (χ1n) is 41.0. The molecule has 8 amide bonds. The van der Waals surface area contributed by atoms with Crippen LogP contribution < -0.4 is 62.5 Å². The minimum Gasteiger partial charge on any atom is -0.508 e. The molecule has 11 bridgehead atoms. The van der Waals surface area contributed by atoms with Crippen LogP contribution in [-0.4, -0.2) is 203 Å². The van der Waals surface area contributed by atoms with Crippen molar-refractivity contribution in [2.24, 2.45) is 23.0 Å². The van der Waals surface area contributed by atoms with Gasteiger partial charge in [-0.25, -0.2) is 9.59 Å². The molecule has 19 atom stereocenters. The Kier molecular flexibility index (Phi) is 27.8. The van der Waals surface area contributed by atoms with E-state index in [1.54, 1.807) is 27.7 Å². The van der Waals surface area contributed by atoms with Gasteiger partial charge in [0.05, 0.1) is 35.3 Å². The van der Waals surface area contributed by atoms with Gasteiger partial charge < -0.3 is 132 Å². The van der Waals surface area contributed by atoms with Gasteiger partial charge in [-0.05, 0) is 156 Å². The molecule has 8 aliphatic rings. The highest BCUT2D eigenvalue weighted by molar-refractivity contribution is 6.32. The zero-order valence-corrected chi connectivity index (χ0v) is 71.2. The molecule has 0 spiro atoms. The highest BCUT2D eigenvalue weighted by Crippen LogP contribution is 2.51. The number of aliphatic hydroxyl groups excluding tert-OH is 6. The summed E-state index contributed by atoms with van der Waals surface area (Å²) in [4.78, 5) is 134. The van der Waals surface area contributed by atoms with Gasteiger partial charge in [0.2, 0.25) is 53.4 Å². The van der Waals surface area contributed by atoms with Crippen molar-refractivity contribution in [2.75, 3.05) is 19.8 Å². The fourth-order valence-electron chi connectivity index (χ4n) is 17.0. The first kappa shape index (κ1) is 92.2. The summed E-state index contributed by atoms with van der Waals surface area (Å²) >= 11 is 14.4. The molecule has 20 N–H and O–H groups in total. The average molecular weight is 1780 g/mol. The van der Waals surface area contributed by atoms with Crippen molar-refractivity contribution < 1.29 is 127 Å². The molecular weight excluding hydrogens is 1680 g/mol. The number of ether oxygens (including phenoxy) is 7. The van der Waals surface area contributed by atoms with Crippen LogP contribution in [0.3, 0.4) is 0 Å². The van der Waals surface area contributed by atoms with Crippen molar-refractivity contribution in [3.8, 4) is 68.2 Å². The molecule has 7 aliphatic heterocycles. The average Bonchev–Trinajstić information content (AvgIpc) is 1.06. The summed E-state index contributed by atoms with van der Waals surface area (Å²) in [6.07, 6.45) is -18.5. The molecule has 7 aromatic rings. The number of aliphatic hydroxyl groups is 6. The second kappa shape index (κ2) is 38.0. The Morgan fingerprint density at radius 1 is 0.659 bits per heavy atom. The SMILES string of the molecule is CC(C)C[C@@H](NC(=O)OCC1c2ccccc2-c2ccccc21)C(=O)N[C@H]1C(=O)N[C@@H](CC(N)=O)C(=O)N[C@H]2C(=O)N[C@H]3C(=O)N[C@H](C(=O)N[C@H](C(=O)O)c4cc(O)cc(O)c4-c4cc3ccc4O)[C@H](O)c3ccc(c(Cl)c3)Oc3cc2cc(c3O[C@@H]2O[C@H](CO)[C@@H](O)[C@H](O)[C@H]2O[C@H]2C[C@](C)(NCCC(C)CC(C)(C)C)[C@H](O)[C@H](C)O2)Oc2ccc(cc2Cl)[C@H]1O. The van der Waals surface area contributed by atoms with E-state index in [1.807, 2.05) is 48.5 Å². The lowest BCUT2D eigenvalue weighted by molar-refractivity contribution is -0.334. The van der Waals surface area contributed by atoms with E-state index in [0.29, 0.717) is 13.0 Å². The molecule has 2 fully saturated rings. The van der Waals surface area contributed by atoms with E-state index >= 15 is 28.8 Å². The quantitative estimate of drug-likeness (QED) is 0.0386. The number of hydrogen-bond donors (Lipinski definition) is 19. The number of aliphatic carboxylic acids is 1. The molecule has 126 heavy (non-hydrogen) atoms. The monoisotopic (exact) mass is 1780 g/mol. The number of phenolic OH excluding ortho intramolecular Hbond substituents is 3. The molecule has 0 aromatic heterocycles. The Morgan fingerprint density at radius 2 is 1.26 bits per heavy atom. The third kappa shape index (κ3) is 20.2. The maximum Gasteiger partial charge on any atom is 0.407 e.